The molecular formula is C15H16O5S. The van der Waals surface area contributed by atoms with Gasteiger partial charge in [0.1, 0.15) is 17.3 Å². The van der Waals surface area contributed by atoms with E-state index in [0.717, 1.165) is 5.56 Å². The molecule has 0 radical (unpaired) electrons. The standard InChI is InChI=1S/C15H16O5S/c1-8-4-12(9(2)16)14(19-8)7-21-6-11-5-13(15(17)18)20-10(11)3/h4-5H,6-7H2,1-3H3,(H,17,18). The number of carbonyl (C=O) groups is 2. The molecule has 0 spiro atoms. The lowest BCUT2D eigenvalue weighted by molar-refractivity contribution is 0.0660. The topological polar surface area (TPSA) is 80.7 Å². The summed E-state index contributed by atoms with van der Waals surface area (Å²) >= 11 is 1.54. The first-order valence-corrected chi connectivity index (χ1v) is 7.54. The van der Waals surface area contributed by atoms with Gasteiger partial charge < -0.3 is 13.9 Å². The highest BCUT2D eigenvalue weighted by molar-refractivity contribution is 7.97. The van der Waals surface area contributed by atoms with Crippen molar-refractivity contribution < 1.29 is 23.5 Å². The summed E-state index contributed by atoms with van der Waals surface area (Å²) in [6, 6.07) is 3.27. The van der Waals surface area contributed by atoms with Crippen LogP contribution in [0.2, 0.25) is 0 Å². The lowest BCUT2D eigenvalue weighted by atomic mass is 10.2. The average molecular weight is 308 g/mol. The summed E-state index contributed by atoms with van der Waals surface area (Å²) < 4.78 is 10.7. The van der Waals surface area contributed by atoms with Crippen molar-refractivity contribution in [3.63, 3.8) is 0 Å². The maximum atomic E-state index is 11.5. The van der Waals surface area contributed by atoms with E-state index in [4.69, 9.17) is 13.9 Å². The second-order valence-electron chi connectivity index (χ2n) is 4.74. The summed E-state index contributed by atoms with van der Waals surface area (Å²) in [6.07, 6.45) is 0. The zero-order valence-electron chi connectivity index (χ0n) is 12.1. The fraction of sp³-hybridized carbons (Fsp3) is 0.333. The van der Waals surface area contributed by atoms with Gasteiger partial charge in [0.15, 0.2) is 5.78 Å². The molecule has 0 saturated carbocycles. The Morgan fingerprint density at radius 3 is 2.48 bits per heavy atom. The monoisotopic (exact) mass is 308 g/mol. The zero-order chi connectivity index (χ0) is 15.6. The van der Waals surface area contributed by atoms with Crippen LogP contribution in [-0.2, 0) is 11.5 Å². The molecule has 0 aliphatic heterocycles. The quantitative estimate of drug-likeness (QED) is 0.817. The summed E-state index contributed by atoms with van der Waals surface area (Å²) in [5.74, 6) is 1.97. The van der Waals surface area contributed by atoms with Gasteiger partial charge in [-0.05, 0) is 32.9 Å². The largest absolute Gasteiger partial charge is 0.475 e. The van der Waals surface area contributed by atoms with Crippen molar-refractivity contribution in [2.75, 3.05) is 0 Å². The van der Waals surface area contributed by atoms with Gasteiger partial charge >= 0.3 is 5.97 Å². The first-order valence-electron chi connectivity index (χ1n) is 6.39. The van der Waals surface area contributed by atoms with Crippen LogP contribution < -0.4 is 0 Å². The number of aryl methyl sites for hydroxylation is 2. The van der Waals surface area contributed by atoms with Crippen LogP contribution >= 0.6 is 11.8 Å². The van der Waals surface area contributed by atoms with Crippen molar-refractivity contribution in [3.8, 4) is 0 Å². The number of aromatic carboxylic acids is 1. The highest BCUT2D eigenvalue weighted by Crippen LogP contribution is 2.26. The van der Waals surface area contributed by atoms with Gasteiger partial charge in [-0.15, -0.1) is 11.8 Å². The number of carbonyl (C=O) groups excluding carboxylic acids is 1. The molecule has 0 amide bonds. The molecule has 0 aliphatic carbocycles. The number of ketones is 1. The Morgan fingerprint density at radius 2 is 1.90 bits per heavy atom. The second kappa shape index (κ2) is 6.22. The Balaban J connectivity index is 2.02. The predicted molar refractivity (Wildman–Crippen MR) is 78.9 cm³/mol. The fourth-order valence-corrected chi connectivity index (χ4v) is 3.00. The average Bonchev–Trinajstić information content (AvgIpc) is 2.94. The first kappa shape index (κ1) is 15.4. The Kier molecular flexibility index (Phi) is 4.57. The van der Waals surface area contributed by atoms with Gasteiger partial charge in [0.2, 0.25) is 5.76 Å². The van der Waals surface area contributed by atoms with E-state index in [2.05, 4.69) is 0 Å². The highest BCUT2D eigenvalue weighted by Gasteiger charge is 2.15. The molecule has 0 atom stereocenters. The second-order valence-corrected chi connectivity index (χ2v) is 5.73. The molecule has 2 rings (SSSR count). The van der Waals surface area contributed by atoms with Gasteiger partial charge in [0, 0.05) is 11.3 Å². The molecule has 5 nitrogen and oxygen atoms in total. The summed E-state index contributed by atoms with van der Waals surface area (Å²) in [4.78, 5) is 22.3. The third-order valence-electron chi connectivity index (χ3n) is 3.03. The maximum absolute atomic E-state index is 11.5. The Bertz CT molecular complexity index is 680. The zero-order valence-corrected chi connectivity index (χ0v) is 12.9. The SMILES string of the molecule is CC(=O)c1cc(C)oc1CSCc1cc(C(=O)O)oc1C. The molecule has 0 bridgehead atoms. The van der Waals surface area contributed by atoms with Crippen LogP contribution in [0, 0.1) is 13.8 Å². The Labute approximate surface area is 126 Å². The van der Waals surface area contributed by atoms with E-state index in [1.807, 2.05) is 0 Å². The summed E-state index contributed by atoms with van der Waals surface area (Å²) in [7, 11) is 0. The molecule has 0 fully saturated rings. The number of furan rings is 2. The van der Waals surface area contributed by atoms with Crippen LogP contribution in [0.1, 0.15) is 50.7 Å². The van der Waals surface area contributed by atoms with Gasteiger partial charge in [0.05, 0.1) is 11.3 Å². The molecule has 2 aromatic rings. The van der Waals surface area contributed by atoms with Crippen molar-refractivity contribution in [1.29, 1.82) is 0 Å². The third-order valence-corrected chi connectivity index (χ3v) is 4.02. The van der Waals surface area contributed by atoms with Crippen LogP contribution in [0.5, 0.6) is 0 Å². The smallest absolute Gasteiger partial charge is 0.371 e. The highest BCUT2D eigenvalue weighted by atomic mass is 32.2. The molecule has 2 heterocycles. The van der Waals surface area contributed by atoms with Crippen LogP contribution in [0.25, 0.3) is 0 Å². The number of rotatable bonds is 6. The van der Waals surface area contributed by atoms with E-state index in [1.165, 1.54) is 13.0 Å². The van der Waals surface area contributed by atoms with E-state index in [-0.39, 0.29) is 11.5 Å². The lowest BCUT2D eigenvalue weighted by Gasteiger charge is -2.00. The van der Waals surface area contributed by atoms with E-state index >= 15 is 0 Å². The Hall–Kier alpha value is -1.95. The minimum absolute atomic E-state index is 0.0184. The summed E-state index contributed by atoms with van der Waals surface area (Å²) in [5, 5.41) is 8.87. The van der Waals surface area contributed by atoms with Gasteiger partial charge in [-0.2, -0.15) is 0 Å². The summed E-state index contributed by atoms with van der Waals surface area (Å²) in [6.45, 7) is 5.05. The lowest BCUT2D eigenvalue weighted by Crippen LogP contribution is -1.94. The molecule has 0 aromatic carbocycles. The van der Waals surface area contributed by atoms with Crippen LogP contribution in [-0.4, -0.2) is 16.9 Å². The Morgan fingerprint density at radius 1 is 1.19 bits per heavy atom. The van der Waals surface area contributed by atoms with Crippen molar-refractivity contribution in [2.45, 2.75) is 32.3 Å². The predicted octanol–water partition coefficient (Wildman–Crippen LogP) is 3.82. The van der Waals surface area contributed by atoms with E-state index in [1.54, 1.807) is 31.7 Å². The molecule has 0 unspecified atom stereocenters. The van der Waals surface area contributed by atoms with Gasteiger partial charge in [-0.3, -0.25) is 4.79 Å². The van der Waals surface area contributed by atoms with Gasteiger partial charge in [0.25, 0.3) is 0 Å². The molecule has 1 N–H and O–H groups in total. The number of hydrogen-bond donors (Lipinski definition) is 1. The van der Waals surface area contributed by atoms with Gasteiger partial charge in [-0.25, -0.2) is 4.79 Å². The minimum Gasteiger partial charge on any atom is -0.475 e. The van der Waals surface area contributed by atoms with E-state index in [0.29, 0.717) is 34.3 Å². The van der Waals surface area contributed by atoms with Crippen molar-refractivity contribution in [2.24, 2.45) is 0 Å². The molecular weight excluding hydrogens is 292 g/mol. The van der Waals surface area contributed by atoms with E-state index in [9.17, 15) is 9.59 Å². The molecule has 2 aromatic heterocycles. The summed E-state index contributed by atoms with van der Waals surface area (Å²) in [5.41, 5.74) is 1.44. The van der Waals surface area contributed by atoms with Crippen LogP contribution in [0.15, 0.2) is 21.0 Å². The molecule has 21 heavy (non-hydrogen) atoms. The first-order chi connectivity index (χ1) is 9.88. The fourth-order valence-electron chi connectivity index (χ4n) is 1.99. The van der Waals surface area contributed by atoms with Crippen LogP contribution in [0.4, 0.5) is 0 Å². The minimum atomic E-state index is -1.07. The molecule has 0 aliphatic rings. The van der Waals surface area contributed by atoms with Crippen molar-refractivity contribution in [1.82, 2.24) is 0 Å². The number of Topliss-reactive ketones (excluding diaryl/α,β-unsaturated/α-hetero) is 1. The van der Waals surface area contributed by atoms with Crippen LogP contribution in [0.3, 0.4) is 0 Å². The number of carboxylic acid groups (broad SMARTS) is 1. The number of carboxylic acids is 1. The molecule has 0 saturated heterocycles. The number of thioether (sulfide) groups is 1. The van der Waals surface area contributed by atoms with Gasteiger partial charge in [-0.1, -0.05) is 0 Å². The normalized spacial score (nSPS) is 10.8. The molecule has 112 valence electrons. The van der Waals surface area contributed by atoms with E-state index < -0.39 is 5.97 Å². The molecule has 6 heteroatoms. The van der Waals surface area contributed by atoms with Crippen molar-refractivity contribution >= 4 is 23.5 Å². The number of hydrogen-bond acceptors (Lipinski definition) is 5. The third kappa shape index (κ3) is 3.58. The van der Waals surface area contributed by atoms with Crippen molar-refractivity contribution in [3.05, 3.63) is 46.3 Å². The maximum Gasteiger partial charge on any atom is 0.371 e.